The van der Waals surface area contributed by atoms with Gasteiger partial charge < -0.3 is 15.2 Å². The van der Waals surface area contributed by atoms with Crippen molar-refractivity contribution < 1.29 is 55.0 Å². The first-order chi connectivity index (χ1) is 20.9. The Morgan fingerprint density at radius 2 is 1.77 bits per heavy atom. The molecule has 44 heavy (non-hydrogen) atoms. The Bertz CT molecular complexity index is 1760. The SMILES string of the molecule is COOP1(=O)OC[C@H]2O[C@@H](n3cnc4c(N)ncnc43)[C@H](F)[C@@H]2OP(=O)(S)OC[C@H]2O[C@@H](n3ccc(=O)[nH]c3=O)[C@H](O1)[C@@H]2F. The van der Waals surface area contributed by atoms with Gasteiger partial charge in [-0.15, -0.1) is 4.67 Å². The molecule has 0 radical (unpaired) electrons. The fourth-order valence-corrected chi connectivity index (χ4v) is 7.51. The summed E-state index contributed by atoms with van der Waals surface area (Å²) in [6.07, 6.45) is -11.1. The maximum atomic E-state index is 16.0. The minimum Gasteiger partial charge on any atom is -0.382 e. The van der Waals surface area contributed by atoms with Crippen LogP contribution in [0.15, 0.2) is 34.5 Å². The van der Waals surface area contributed by atoms with Gasteiger partial charge in [0.25, 0.3) is 5.56 Å². The summed E-state index contributed by atoms with van der Waals surface area (Å²) >= 11 is 3.90. The first-order valence-corrected chi connectivity index (χ1v) is 16.7. The summed E-state index contributed by atoms with van der Waals surface area (Å²) in [6.45, 7) is -6.17. The Kier molecular flexibility index (Phi) is 8.52. The number of aromatic amines is 1. The van der Waals surface area contributed by atoms with Crippen LogP contribution in [0.5, 0.6) is 0 Å². The van der Waals surface area contributed by atoms with Crippen LogP contribution < -0.4 is 17.0 Å². The molecule has 10 atom stereocenters. The molecule has 6 rings (SSSR count). The van der Waals surface area contributed by atoms with Gasteiger partial charge in [0.15, 0.2) is 36.3 Å². The quantitative estimate of drug-likeness (QED) is 0.150. The normalized spacial score (nSPS) is 38.1. The van der Waals surface area contributed by atoms with Crippen LogP contribution in [-0.2, 0) is 46.3 Å². The second kappa shape index (κ2) is 12.0. The molecule has 0 amide bonds. The van der Waals surface area contributed by atoms with Crippen molar-refractivity contribution in [3.63, 3.8) is 0 Å². The number of alkyl halides is 2. The first kappa shape index (κ1) is 31.4. The molecule has 0 aromatic carbocycles. The van der Waals surface area contributed by atoms with Gasteiger partial charge in [-0.25, -0.2) is 42.5 Å². The number of imidazole rings is 1. The minimum absolute atomic E-state index is 0.0119. The topological polar surface area (TPSA) is 232 Å². The Hall–Kier alpha value is -2.62. The standard InChI is InChI=1S/C20H23F2N7O12P2S/c1-34-41-42(32)35-5-9-14(12(22)18(38-9)29-7-26-13-16(23)24-6-25-17(13)29)40-43(33,44)36-4-8-11(21)15(39-42)19(37-8)28-3-2-10(30)27-20(28)31/h2-3,6-9,11-12,14-15,18-19H,4-5H2,1H3,(H,33,44)(H2,23,24,25)(H,27,30,31)/t8-,9-,11-,12-,14-,15-,18-,19-,42?,43?/m1/s1. The van der Waals surface area contributed by atoms with E-state index >= 15 is 8.78 Å². The van der Waals surface area contributed by atoms with Crippen LogP contribution in [0.2, 0.25) is 0 Å². The largest absolute Gasteiger partial charge is 0.502 e. The third-order valence-electron chi connectivity index (χ3n) is 6.79. The molecule has 0 aliphatic carbocycles. The molecule has 19 nitrogen and oxygen atoms in total. The van der Waals surface area contributed by atoms with Crippen molar-refractivity contribution in [2.45, 2.75) is 49.2 Å². The summed E-state index contributed by atoms with van der Waals surface area (Å²) in [4.78, 5) is 42.5. The molecular weight excluding hydrogens is 662 g/mol. The highest BCUT2D eigenvalue weighted by Gasteiger charge is 2.55. The van der Waals surface area contributed by atoms with E-state index in [9.17, 15) is 18.7 Å². The van der Waals surface area contributed by atoms with E-state index in [1.165, 1.54) is 10.9 Å². The monoisotopic (exact) mass is 685 g/mol. The zero-order valence-corrected chi connectivity index (χ0v) is 24.8. The van der Waals surface area contributed by atoms with Crippen LogP contribution >= 0.6 is 26.9 Å². The molecule has 6 heterocycles. The Morgan fingerprint density at radius 3 is 2.52 bits per heavy atom. The molecule has 3 saturated heterocycles. The summed E-state index contributed by atoms with van der Waals surface area (Å²) < 4.78 is 98.0. The number of nitrogens with two attached hydrogens (primary N) is 1. The number of phosphoric ester groups is 1. The number of nitrogen functional groups attached to an aromatic ring is 1. The van der Waals surface area contributed by atoms with Gasteiger partial charge in [0, 0.05) is 12.3 Å². The summed E-state index contributed by atoms with van der Waals surface area (Å²) in [5.74, 6) is 0.0119. The molecule has 0 spiro atoms. The zero-order valence-electron chi connectivity index (χ0n) is 22.2. The van der Waals surface area contributed by atoms with E-state index in [1.54, 1.807) is 0 Å². The lowest BCUT2D eigenvalue weighted by molar-refractivity contribution is -0.208. The first-order valence-electron chi connectivity index (χ1n) is 12.5. The van der Waals surface area contributed by atoms with Gasteiger partial charge in [0.2, 0.25) is 0 Å². The summed E-state index contributed by atoms with van der Waals surface area (Å²) in [7, 11) is -3.99. The number of hydrogen-bond donors (Lipinski definition) is 3. The van der Waals surface area contributed by atoms with Gasteiger partial charge in [-0.1, -0.05) is 12.2 Å². The van der Waals surface area contributed by atoms with E-state index in [4.69, 9.17) is 38.0 Å². The third kappa shape index (κ3) is 5.87. The van der Waals surface area contributed by atoms with Gasteiger partial charge in [-0.2, -0.15) is 0 Å². The predicted octanol–water partition coefficient (Wildman–Crippen LogP) is 0.971. The van der Waals surface area contributed by atoms with Crippen LogP contribution in [0.25, 0.3) is 11.2 Å². The van der Waals surface area contributed by atoms with Crippen molar-refractivity contribution in [2.75, 3.05) is 26.1 Å². The summed E-state index contributed by atoms with van der Waals surface area (Å²) in [5, 5.41) is 0. The van der Waals surface area contributed by atoms with Crippen LogP contribution in [0.1, 0.15) is 12.5 Å². The minimum atomic E-state index is -4.94. The van der Waals surface area contributed by atoms with Gasteiger partial charge >= 0.3 is 20.3 Å². The second-order valence-electron chi connectivity index (χ2n) is 9.51. The maximum Gasteiger partial charge on any atom is 0.502 e. The van der Waals surface area contributed by atoms with E-state index in [1.807, 2.05) is 4.98 Å². The Labute approximate surface area is 249 Å². The fraction of sp³-hybridized carbons (Fsp3) is 0.550. The number of thiol groups is 1. The number of nitrogens with one attached hydrogen (secondary N) is 1. The van der Waals surface area contributed by atoms with E-state index in [-0.39, 0.29) is 17.0 Å². The molecule has 3 aliphatic rings. The van der Waals surface area contributed by atoms with Crippen molar-refractivity contribution >= 4 is 43.9 Å². The highest BCUT2D eigenvalue weighted by atomic mass is 32.7. The molecule has 24 heteroatoms. The Balaban J connectivity index is 1.34. The fourth-order valence-electron chi connectivity index (χ4n) is 4.85. The number of ether oxygens (including phenoxy) is 2. The number of fused-ring (bicyclic) bond motifs is 4. The summed E-state index contributed by atoms with van der Waals surface area (Å²) in [6, 6.07) is 0.944. The number of aromatic nitrogens is 6. The number of halogens is 2. The zero-order chi connectivity index (χ0) is 31.4. The molecule has 2 bridgehead atoms. The number of anilines is 1. The molecule has 240 valence electrons. The predicted molar refractivity (Wildman–Crippen MR) is 143 cm³/mol. The van der Waals surface area contributed by atoms with Gasteiger partial charge in [0.05, 0.1) is 26.7 Å². The van der Waals surface area contributed by atoms with Crippen LogP contribution in [0.4, 0.5) is 14.6 Å². The Morgan fingerprint density at radius 1 is 1.02 bits per heavy atom. The molecule has 3 fully saturated rings. The number of nitrogens with zero attached hydrogens (tertiary/aromatic N) is 5. The lowest BCUT2D eigenvalue weighted by Crippen LogP contribution is -2.38. The smallest absolute Gasteiger partial charge is 0.382 e. The van der Waals surface area contributed by atoms with E-state index in [2.05, 4.69) is 32.1 Å². The number of hydrogen-bond acceptors (Lipinski definition) is 16. The lowest BCUT2D eigenvalue weighted by atomic mass is 10.1. The highest BCUT2D eigenvalue weighted by Crippen LogP contribution is 2.59. The third-order valence-corrected chi connectivity index (χ3v) is 9.70. The maximum absolute atomic E-state index is 16.0. The average Bonchev–Trinajstić information content (AvgIpc) is 3.61. The molecule has 3 aromatic rings. The van der Waals surface area contributed by atoms with Crippen LogP contribution in [0.3, 0.4) is 0 Å². The summed E-state index contributed by atoms with van der Waals surface area (Å²) in [5.41, 5.74) is 4.26. The molecular formula is C20H23F2N7O12P2S. The van der Waals surface area contributed by atoms with Crippen LogP contribution in [0, 0.1) is 0 Å². The number of H-pyrrole nitrogens is 1. The molecule has 0 saturated carbocycles. The number of phosphoric acid groups is 1. The van der Waals surface area contributed by atoms with Crippen molar-refractivity contribution in [2.24, 2.45) is 0 Å². The van der Waals surface area contributed by atoms with Crippen molar-refractivity contribution in [1.82, 2.24) is 29.1 Å². The van der Waals surface area contributed by atoms with E-state index in [0.717, 1.165) is 30.3 Å². The van der Waals surface area contributed by atoms with Crippen molar-refractivity contribution in [3.05, 3.63) is 45.8 Å². The van der Waals surface area contributed by atoms with Gasteiger partial charge in [0.1, 0.15) is 36.3 Å². The van der Waals surface area contributed by atoms with Gasteiger partial charge in [-0.05, 0) is 0 Å². The molecule has 2 unspecified atom stereocenters. The average molecular weight is 685 g/mol. The van der Waals surface area contributed by atoms with Crippen molar-refractivity contribution in [3.8, 4) is 0 Å². The van der Waals surface area contributed by atoms with E-state index in [0.29, 0.717) is 0 Å². The number of rotatable bonds is 4. The highest BCUT2D eigenvalue weighted by molar-refractivity contribution is 8.44. The van der Waals surface area contributed by atoms with Crippen LogP contribution in [-0.4, -0.2) is 86.2 Å². The molecule has 3 N–H and O–H groups in total. The van der Waals surface area contributed by atoms with E-state index < -0.39 is 88.3 Å². The van der Waals surface area contributed by atoms with Gasteiger partial charge in [-0.3, -0.25) is 37.0 Å². The lowest BCUT2D eigenvalue weighted by Gasteiger charge is -2.26. The molecule has 3 aromatic heterocycles. The van der Waals surface area contributed by atoms with Crippen molar-refractivity contribution in [1.29, 1.82) is 0 Å². The second-order valence-corrected chi connectivity index (χ2v) is 13.9. The molecule has 3 aliphatic heterocycles.